The highest BCUT2D eigenvalue weighted by Crippen LogP contribution is 2.52. The Morgan fingerprint density at radius 1 is 1.25 bits per heavy atom. The number of aromatic nitrogens is 3. The zero-order chi connectivity index (χ0) is 19.3. The second kappa shape index (κ2) is 6.06. The first-order chi connectivity index (χ1) is 13.7. The summed E-state index contributed by atoms with van der Waals surface area (Å²) in [5, 5.41) is 14.1. The van der Waals surface area contributed by atoms with Crippen molar-refractivity contribution in [3.8, 4) is 23.1 Å². The van der Waals surface area contributed by atoms with Crippen molar-refractivity contribution in [2.24, 2.45) is 11.3 Å². The second-order valence-electron chi connectivity index (χ2n) is 7.43. The lowest BCUT2D eigenvalue weighted by Gasteiger charge is -2.21. The first-order valence-electron chi connectivity index (χ1n) is 9.37. The van der Waals surface area contributed by atoms with Crippen LogP contribution in [0.5, 0.6) is 5.88 Å². The van der Waals surface area contributed by atoms with Gasteiger partial charge in [-0.05, 0) is 48.9 Å². The van der Waals surface area contributed by atoms with Gasteiger partial charge in [0.25, 0.3) is 0 Å². The highest BCUT2D eigenvalue weighted by atomic mass is 16.5. The molecule has 7 heteroatoms. The van der Waals surface area contributed by atoms with E-state index in [4.69, 9.17) is 4.74 Å². The van der Waals surface area contributed by atoms with E-state index in [-0.39, 0.29) is 11.8 Å². The van der Waals surface area contributed by atoms with E-state index in [0.717, 1.165) is 35.2 Å². The highest BCUT2D eigenvalue weighted by molar-refractivity contribution is 6.05. The maximum atomic E-state index is 13.2. The number of nitrogens with zero attached hydrogens (tertiary/aromatic N) is 5. The summed E-state index contributed by atoms with van der Waals surface area (Å²) in [5.41, 5.74) is 2.70. The molecule has 1 saturated heterocycles. The first kappa shape index (κ1) is 16.8. The van der Waals surface area contributed by atoms with Gasteiger partial charge in [-0.25, -0.2) is 9.50 Å². The third-order valence-electron chi connectivity index (χ3n) is 5.88. The number of anilines is 1. The third kappa shape index (κ3) is 2.38. The minimum absolute atomic E-state index is 0.0704. The largest absolute Gasteiger partial charge is 0.481 e. The van der Waals surface area contributed by atoms with Gasteiger partial charge in [0, 0.05) is 36.8 Å². The van der Waals surface area contributed by atoms with Crippen molar-refractivity contribution in [2.45, 2.75) is 19.3 Å². The molecule has 1 aliphatic heterocycles. The topological polar surface area (TPSA) is 83.5 Å². The van der Waals surface area contributed by atoms with Crippen LogP contribution in [0.25, 0.3) is 16.6 Å². The summed E-state index contributed by atoms with van der Waals surface area (Å²) in [6.07, 6.45) is 7.85. The number of rotatable bonds is 4. The minimum Gasteiger partial charge on any atom is -0.481 e. The van der Waals surface area contributed by atoms with Gasteiger partial charge in [0.15, 0.2) is 0 Å². The number of hydrogen-bond acceptors (Lipinski definition) is 5. The third-order valence-corrected chi connectivity index (χ3v) is 5.88. The van der Waals surface area contributed by atoms with Crippen LogP contribution < -0.4 is 9.64 Å². The van der Waals surface area contributed by atoms with Crippen LogP contribution in [0.4, 0.5) is 5.69 Å². The molecule has 3 aromatic heterocycles. The molecular formula is C21H19N5O2. The smallest absolute Gasteiger partial charge is 0.247 e. The van der Waals surface area contributed by atoms with Crippen LogP contribution in [0.1, 0.15) is 19.3 Å². The Kier molecular flexibility index (Phi) is 3.63. The summed E-state index contributed by atoms with van der Waals surface area (Å²) < 4.78 is 6.99. The monoisotopic (exact) mass is 373 g/mol. The molecule has 1 amide bonds. The van der Waals surface area contributed by atoms with Gasteiger partial charge in [0.05, 0.1) is 24.4 Å². The molecule has 1 atom stereocenters. The molecule has 0 aromatic carbocycles. The molecule has 0 radical (unpaired) electrons. The summed E-state index contributed by atoms with van der Waals surface area (Å²) >= 11 is 0. The lowest BCUT2D eigenvalue weighted by atomic mass is 9.83. The summed E-state index contributed by atoms with van der Waals surface area (Å²) in [7, 11) is 1.59. The number of carbonyl (C=O) groups is 1. The Hall–Kier alpha value is -3.40. The number of methoxy groups -OCH3 is 1. The van der Waals surface area contributed by atoms with Gasteiger partial charge >= 0.3 is 0 Å². The zero-order valence-electron chi connectivity index (χ0n) is 15.5. The predicted octanol–water partition coefficient (Wildman–Crippen LogP) is 3.06. The molecule has 140 valence electrons. The minimum atomic E-state index is -0.853. The maximum absolute atomic E-state index is 13.2. The van der Waals surface area contributed by atoms with Crippen molar-refractivity contribution < 1.29 is 9.53 Å². The van der Waals surface area contributed by atoms with E-state index >= 15 is 0 Å². The molecule has 4 heterocycles. The number of ether oxygens (including phenoxy) is 1. The average Bonchev–Trinajstić information content (AvgIpc) is 3.40. The average molecular weight is 373 g/mol. The number of hydrogen-bond donors (Lipinski definition) is 0. The quantitative estimate of drug-likeness (QED) is 0.702. The van der Waals surface area contributed by atoms with Crippen molar-refractivity contribution in [1.29, 1.82) is 5.26 Å². The summed E-state index contributed by atoms with van der Waals surface area (Å²) in [4.78, 5) is 19.1. The lowest BCUT2D eigenvalue weighted by Crippen LogP contribution is -2.35. The van der Waals surface area contributed by atoms with Crippen LogP contribution in [0.2, 0.25) is 0 Å². The van der Waals surface area contributed by atoms with E-state index in [1.807, 2.05) is 30.5 Å². The Bertz CT molecular complexity index is 1130. The molecule has 5 rings (SSSR count). The fraction of sp³-hybridized carbons (Fsp3) is 0.333. The fourth-order valence-corrected chi connectivity index (χ4v) is 4.20. The molecule has 0 N–H and O–H groups in total. The molecule has 1 saturated carbocycles. The van der Waals surface area contributed by atoms with E-state index in [9.17, 15) is 10.1 Å². The molecule has 28 heavy (non-hydrogen) atoms. The van der Waals surface area contributed by atoms with E-state index < -0.39 is 5.41 Å². The van der Waals surface area contributed by atoms with Gasteiger partial charge in [-0.3, -0.25) is 4.79 Å². The number of nitriles is 1. The molecule has 0 spiro atoms. The van der Waals surface area contributed by atoms with Crippen molar-refractivity contribution in [3.05, 3.63) is 42.9 Å². The molecular weight excluding hydrogens is 354 g/mol. The number of amides is 1. The molecule has 0 bridgehead atoms. The van der Waals surface area contributed by atoms with Crippen molar-refractivity contribution >= 4 is 17.1 Å². The van der Waals surface area contributed by atoms with Crippen LogP contribution >= 0.6 is 0 Å². The molecule has 1 aliphatic carbocycles. The van der Waals surface area contributed by atoms with Gasteiger partial charge in [-0.15, -0.1) is 0 Å². The van der Waals surface area contributed by atoms with Gasteiger partial charge in [0.2, 0.25) is 11.8 Å². The number of fused-ring (bicyclic) bond motifs is 1. The van der Waals surface area contributed by atoms with E-state index in [2.05, 4.69) is 16.2 Å². The van der Waals surface area contributed by atoms with Gasteiger partial charge in [0.1, 0.15) is 5.41 Å². The molecule has 0 unspecified atom stereocenters. The Balaban J connectivity index is 1.57. The maximum Gasteiger partial charge on any atom is 0.247 e. The number of pyridine rings is 1. The van der Waals surface area contributed by atoms with E-state index in [1.165, 1.54) is 0 Å². The van der Waals surface area contributed by atoms with E-state index in [1.54, 1.807) is 28.9 Å². The van der Waals surface area contributed by atoms with Gasteiger partial charge < -0.3 is 9.64 Å². The normalized spacial score (nSPS) is 21.9. The fourth-order valence-electron chi connectivity index (χ4n) is 4.20. The van der Waals surface area contributed by atoms with Crippen LogP contribution in [-0.4, -0.2) is 34.2 Å². The van der Waals surface area contributed by atoms with Crippen LogP contribution in [0, 0.1) is 22.7 Å². The lowest BCUT2D eigenvalue weighted by molar-refractivity contribution is -0.123. The predicted molar refractivity (Wildman–Crippen MR) is 103 cm³/mol. The summed E-state index contributed by atoms with van der Waals surface area (Å²) in [6.45, 7) is 0.562. The Morgan fingerprint density at radius 3 is 2.86 bits per heavy atom. The van der Waals surface area contributed by atoms with Crippen LogP contribution in [-0.2, 0) is 4.79 Å². The van der Waals surface area contributed by atoms with Gasteiger partial charge in [-0.1, -0.05) is 0 Å². The Morgan fingerprint density at radius 2 is 2.11 bits per heavy atom. The molecule has 7 nitrogen and oxygen atoms in total. The highest BCUT2D eigenvalue weighted by Gasteiger charge is 2.56. The summed E-state index contributed by atoms with van der Waals surface area (Å²) in [5.74, 6) is 0.678. The van der Waals surface area contributed by atoms with Crippen molar-refractivity contribution in [2.75, 3.05) is 18.6 Å². The van der Waals surface area contributed by atoms with Crippen molar-refractivity contribution in [1.82, 2.24) is 14.6 Å². The van der Waals surface area contributed by atoms with Gasteiger partial charge in [-0.2, -0.15) is 10.4 Å². The standard InChI is InChI=1S/C21H19N5O2/c1-28-19-11-14(4-7-23-19)15-10-18-17(5-8-24-26(18)12-15)25-9-6-21(13-22,20(25)27)16-2-3-16/h4-5,7-8,10-12,16H,2-3,6,9H2,1H3/t21-/m1/s1. The zero-order valence-corrected chi connectivity index (χ0v) is 15.5. The van der Waals surface area contributed by atoms with Crippen LogP contribution in [0.15, 0.2) is 42.9 Å². The molecule has 2 aliphatic rings. The summed E-state index contributed by atoms with van der Waals surface area (Å²) in [6, 6.07) is 9.98. The second-order valence-corrected chi connectivity index (χ2v) is 7.43. The molecule has 2 fully saturated rings. The van der Waals surface area contributed by atoms with E-state index in [0.29, 0.717) is 18.8 Å². The SMILES string of the molecule is COc1cc(-c2cc3c(N4CC[C@@](C#N)(C5CC5)C4=O)ccnn3c2)ccn1. The first-order valence-corrected chi connectivity index (χ1v) is 9.37. The van der Waals surface area contributed by atoms with Crippen molar-refractivity contribution in [3.63, 3.8) is 0 Å². The number of carbonyl (C=O) groups excluding carboxylic acids is 1. The Labute approximate surface area is 162 Å². The molecule has 3 aromatic rings. The van der Waals surface area contributed by atoms with Crippen LogP contribution in [0.3, 0.4) is 0 Å².